The second-order valence-corrected chi connectivity index (χ2v) is 5.30. The molecule has 0 aliphatic carbocycles. The SMILES string of the molecule is CC1CCC2(CCCC(CCCC(=O)O)O2)O1. The zero-order valence-electron chi connectivity index (χ0n) is 10.5. The Bertz CT molecular complexity index is 275. The minimum Gasteiger partial charge on any atom is -0.481 e. The maximum Gasteiger partial charge on any atom is 0.303 e. The third kappa shape index (κ3) is 3.42. The highest BCUT2D eigenvalue weighted by Gasteiger charge is 2.43. The molecule has 98 valence electrons. The van der Waals surface area contributed by atoms with Gasteiger partial charge in [0, 0.05) is 19.3 Å². The highest BCUT2D eigenvalue weighted by atomic mass is 16.7. The van der Waals surface area contributed by atoms with Crippen molar-refractivity contribution >= 4 is 5.97 Å². The van der Waals surface area contributed by atoms with Gasteiger partial charge in [0.15, 0.2) is 5.79 Å². The van der Waals surface area contributed by atoms with Gasteiger partial charge in [-0.2, -0.15) is 0 Å². The average molecular weight is 242 g/mol. The van der Waals surface area contributed by atoms with E-state index in [1.54, 1.807) is 0 Å². The summed E-state index contributed by atoms with van der Waals surface area (Å²) in [7, 11) is 0. The molecule has 3 atom stereocenters. The summed E-state index contributed by atoms with van der Waals surface area (Å²) in [6.45, 7) is 2.09. The van der Waals surface area contributed by atoms with Crippen LogP contribution in [0.3, 0.4) is 0 Å². The lowest BCUT2D eigenvalue weighted by Crippen LogP contribution is -2.40. The van der Waals surface area contributed by atoms with Crippen molar-refractivity contribution in [2.24, 2.45) is 0 Å². The molecular weight excluding hydrogens is 220 g/mol. The Morgan fingerprint density at radius 1 is 1.35 bits per heavy atom. The molecule has 0 aromatic rings. The molecule has 0 saturated carbocycles. The number of ether oxygens (including phenoxy) is 2. The van der Waals surface area contributed by atoms with Crippen molar-refractivity contribution in [1.29, 1.82) is 0 Å². The lowest BCUT2D eigenvalue weighted by molar-refractivity contribution is -0.269. The molecule has 2 rings (SSSR count). The first kappa shape index (κ1) is 12.8. The van der Waals surface area contributed by atoms with Crippen molar-refractivity contribution in [2.75, 3.05) is 0 Å². The van der Waals surface area contributed by atoms with E-state index in [0.717, 1.165) is 38.5 Å². The summed E-state index contributed by atoms with van der Waals surface area (Å²) in [5.74, 6) is -1.06. The maximum absolute atomic E-state index is 10.5. The van der Waals surface area contributed by atoms with E-state index < -0.39 is 5.97 Å². The summed E-state index contributed by atoms with van der Waals surface area (Å²) in [5, 5.41) is 8.62. The molecule has 17 heavy (non-hydrogen) atoms. The zero-order valence-corrected chi connectivity index (χ0v) is 10.5. The molecule has 0 amide bonds. The van der Waals surface area contributed by atoms with E-state index in [0.29, 0.717) is 12.5 Å². The summed E-state index contributed by atoms with van der Waals surface area (Å²) in [6, 6.07) is 0. The molecule has 1 spiro atoms. The van der Waals surface area contributed by atoms with E-state index in [1.807, 2.05) is 0 Å². The second-order valence-electron chi connectivity index (χ2n) is 5.30. The normalized spacial score (nSPS) is 37.5. The van der Waals surface area contributed by atoms with Gasteiger partial charge in [0.1, 0.15) is 0 Å². The number of rotatable bonds is 4. The van der Waals surface area contributed by atoms with Gasteiger partial charge >= 0.3 is 5.97 Å². The maximum atomic E-state index is 10.5. The molecule has 4 nitrogen and oxygen atoms in total. The molecule has 2 fully saturated rings. The molecule has 0 bridgehead atoms. The van der Waals surface area contributed by atoms with Crippen LogP contribution in [0.4, 0.5) is 0 Å². The Labute approximate surface area is 102 Å². The number of carbonyl (C=O) groups is 1. The molecular formula is C13H22O4. The lowest BCUT2D eigenvalue weighted by Gasteiger charge is -2.38. The topological polar surface area (TPSA) is 55.8 Å². The molecule has 0 aromatic carbocycles. The Balaban J connectivity index is 1.79. The summed E-state index contributed by atoms with van der Waals surface area (Å²) in [4.78, 5) is 10.5. The van der Waals surface area contributed by atoms with Crippen molar-refractivity contribution < 1.29 is 19.4 Å². The number of carboxylic acid groups (broad SMARTS) is 1. The van der Waals surface area contributed by atoms with E-state index in [4.69, 9.17) is 14.6 Å². The van der Waals surface area contributed by atoms with Gasteiger partial charge in [0.25, 0.3) is 0 Å². The third-order valence-corrected chi connectivity index (χ3v) is 3.73. The van der Waals surface area contributed by atoms with Crippen LogP contribution in [0.2, 0.25) is 0 Å². The van der Waals surface area contributed by atoms with Crippen molar-refractivity contribution in [3.8, 4) is 0 Å². The predicted octanol–water partition coefficient (Wildman–Crippen LogP) is 2.71. The fourth-order valence-electron chi connectivity index (χ4n) is 2.88. The molecule has 0 aromatic heterocycles. The van der Waals surface area contributed by atoms with E-state index in [2.05, 4.69) is 6.92 Å². The van der Waals surface area contributed by atoms with Gasteiger partial charge in [-0.05, 0) is 39.0 Å². The van der Waals surface area contributed by atoms with Crippen molar-refractivity contribution in [3.63, 3.8) is 0 Å². The zero-order chi connectivity index (χ0) is 12.3. The summed E-state index contributed by atoms with van der Waals surface area (Å²) in [5.41, 5.74) is 0. The molecule has 2 heterocycles. The van der Waals surface area contributed by atoms with Crippen molar-refractivity contribution in [3.05, 3.63) is 0 Å². The van der Waals surface area contributed by atoms with Crippen LogP contribution in [0.5, 0.6) is 0 Å². The molecule has 4 heteroatoms. The first-order chi connectivity index (χ1) is 8.10. The number of hydrogen-bond acceptors (Lipinski definition) is 3. The molecule has 3 unspecified atom stereocenters. The lowest BCUT2D eigenvalue weighted by atomic mass is 9.96. The van der Waals surface area contributed by atoms with Gasteiger partial charge in [-0.25, -0.2) is 0 Å². The van der Waals surface area contributed by atoms with Gasteiger partial charge < -0.3 is 14.6 Å². The fraction of sp³-hybridized carbons (Fsp3) is 0.923. The standard InChI is InChI=1S/C13H22O4/c1-10-7-9-13(16-10)8-3-5-11(17-13)4-2-6-12(14)15/h10-11H,2-9H2,1H3,(H,14,15). The van der Waals surface area contributed by atoms with E-state index in [1.165, 1.54) is 0 Å². The number of carboxylic acids is 1. The van der Waals surface area contributed by atoms with E-state index >= 15 is 0 Å². The average Bonchev–Trinajstić information content (AvgIpc) is 2.59. The van der Waals surface area contributed by atoms with Gasteiger partial charge in [-0.15, -0.1) is 0 Å². The van der Waals surface area contributed by atoms with Gasteiger partial charge in [-0.1, -0.05) is 0 Å². The minimum absolute atomic E-state index is 0.188. The molecule has 1 N–H and O–H groups in total. The van der Waals surface area contributed by atoms with Crippen LogP contribution in [0, 0.1) is 0 Å². The highest BCUT2D eigenvalue weighted by molar-refractivity contribution is 5.66. The Morgan fingerprint density at radius 3 is 2.82 bits per heavy atom. The van der Waals surface area contributed by atoms with Crippen LogP contribution in [0.15, 0.2) is 0 Å². The fourth-order valence-corrected chi connectivity index (χ4v) is 2.88. The van der Waals surface area contributed by atoms with Crippen LogP contribution in [0.1, 0.15) is 58.3 Å². The quantitative estimate of drug-likeness (QED) is 0.823. The van der Waals surface area contributed by atoms with Crippen LogP contribution in [-0.2, 0) is 14.3 Å². The van der Waals surface area contributed by atoms with Crippen LogP contribution >= 0.6 is 0 Å². The second kappa shape index (κ2) is 5.36. The summed E-state index contributed by atoms with van der Waals surface area (Å²) >= 11 is 0. The van der Waals surface area contributed by atoms with Crippen molar-refractivity contribution in [2.45, 2.75) is 76.3 Å². The van der Waals surface area contributed by atoms with Gasteiger partial charge in [0.05, 0.1) is 12.2 Å². The minimum atomic E-state index is -0.721. The van der Waals surface area contributed by atoms with E-state index in [-0.39, 0.29) is 18.3 Å². The summed E-state index contributed by atoms with van der Waals surface area (Å²) < 4.78 is 12.0. The first-order valence-corrected chi connectivity index (χ1v) is 6.67. The number of hydrogen-bond donors (Lipinski definition) is 1. The van der Waals surface area contributed by atoms with Crippen molar-refractivity contribution in [1.82, 2.24) is 0 Å². The van der Waals surface area contributed by atoms with Crippen LogP contribution in [-0.4, -0.2) is 29.1 Å². The Hall–Kier alpha value is -0.610. The van der Waals surface area contributed by atoms with Gasteiger partial charge in [0.2, 0.25) is 0 Å². The largest absolute Gasteiger partial charge is 0.481 e. The van der Waals surface area contributed by atoms with Crippen LogP contribution in [0.25, 0.3) is 0 Å². The molecule has 0 radical (unpaired) electrons. The first-order valence-electron chi connectivity index (χ1n) is 6.67. The molecule has 2 aliphatic heterocycles. The monoisotopic (exact) mass is 242 g/mol. The smallest absolute Gasteiger partial charge is 0.303 e. The summed E-state index contributed by atoms with van der Waals surface area (Å²) in [6.07, 6.45) is 7.49. The van der Waals surface area contributed by atoms with Gasteiger partial charge in [-0.3, -0.25) is 4.79 Å². The third-order valence-electron chi connectivity index (χ3n) is 3.73. The number of aliphatic carboxylic acids is 1. The van der Waals surface area contributed by atoms with E-state index in [9.17, 15) is 4.79 Å². The molecule has 2 aliphatic rings. The van der Waals surface area contributed by atoms with Crippen LogP contribution < -0.4 is 0 Å². The predicted molar refractivity (Wildman–Crippen MR) is 62.7 cm³/mol. The highest BCUT2D eigenvalue weighted by Crippen LogP contribution is 2.41. The Morgan fingerprint density at radius 2 is 2.18 bits per heavy atom. The molecule has 2 saturated heterocycles. The Kier molecular flexibility index (Phi) is 4.05.